The fraction of sp³-hybridized carbons (Fsp3) is 0.261. The number of hydrogen-bond acceptors (Lipinski definition) is 6. The second kappa shape index (κ2) is 12.8. The number of pyridine rings is 1. The van der Waals surface area contributed by atoms with Crippen molar-refractivity contribution >= 4 is 11.8 Å². The molecule has 32 heavy (non-hydrogen) atoms. The molecule has 0 fully saturated rings. The third kappa shape index (κ3) is 8.68. The van der Waals surface area contributed by atoms with Crippen molar-refractivity contribution in [3.05, 3.63) is 79.2 Å². The van der Waals surface area contributed by atoms with E-state index in [1.54, 1.807) is 17.8 Å². The Balaban J connectivity index is 1.91. The van der Waals surface area contributed by atoms with Crippen LogP contribution in [-0.2, 0) is 6.18 Å². The van der Waals surface area contributed by atoms with Crippen LogP contribution in [0.5, 0.6) is 17.4 Å². The van der Waals surface area contributed by atoms with Crippen LogP contribution in [0.2, 0.25) is 0 Å². The number of alkyl halides is 3. The molecule has 1 N–H and O–H groups in total. The summed E-state index contributed by atoms with van der Waals surface area (Å²) in [5.74, 6) is 1.16. The Morgan fingerprint density at radius 1 is 1.16 bits per heavy atom. The maximum absolute atomic E-state index is 13.0. The number of benzene rings is 1. The summed E-state index contributed by atoms with van der Waals surface area (Å²) in [6.45, 7) is 7.76. The fourth-order valence-corrected chi connectivity index (χ4v) is 2.99. The van der Waals surface area contributed by atoms with E-state index < -0.39 is 11.7 Å². The lowest BCUT2D eigenvalue weighted by Crippen LogP contribution is -2.10. The normalized spacial score (nSPS) is 11.4. The van der Waals surface area contributed by atoms with Gasteiger partial charge in [0.05, 0.1) is 25.4 Å². The Kier molecular flexibility index (Phi) is 10.2. The van der Waals surface area contributed by atoms with Crippen LogP contribution >= 0.6 is 11.8 Å². The van der Waals surface area contributed by atoms with Crippen LogP contribution in [0.1, 0.15) is 12.0 Å². The molecule has 0 saturated carbocycles. The quantitative estimate of drug-likeness (QED) is 0.177. The van der Waals surface area contributed by atoms with Gasteiger partial charge in [-0.15, -0.1) is 11.8 Å². The van der Waals surface area contributed by atoms with Gasteiger partial charge in [-0.1, -0.05) is 25.3 Å². The number of rotatable bonds is 13. The van der Waals surface area contributed by atoms with Crippen LogP contribution in [0, 0.1) is 0 Å². The van der Waals surface area contributed by atoms with Crippen molar-refractivity contribution < 1.29 is 32.5 Å². The average Bonchev–Trinajstić information content (AvgIpc) is 2.77. The zero-order valence-electron chi connectivity index (χ0n) is 17.3. The number of aliphatic hydroxyl groups excluding tert-OH is 1. The van der Waals surface area contributed by atoms with E-state index in [1.807, 2.05) is 24.3 Å². The molecule has 1 heterocycles. The minimum Gasteiger partial charge on any atom is -0.493 e. The molecule has 172 valence electrons. The summed E-state index contributed by atoms with van der Waals surface area (Å²) in [6.07, 6.45) is 1.08. The van der Waals surface area contributed by atoms with Crippen LogP contribution in [0.3, 0.4) is 0 Å². The lowest BCUT2D eigenvalue weighted by Gasteiger charge is -2.14. The third-order valence-corrected chi connectivity index (χ3v) is 4.78. The van der Waals surface area contributed by atoms with Crippen LogP contribution in [0.25, 0.3) is 0 Å². The smallest absolute Gasteiger partial charge is 0.418 e. The van der Waals surface area contributed by atoms with Gasteiger partial charge in [0.25, 0.3) is 5.88 Å². The van der Waals surface area contributed by atoms with Gasteiger partial charge in [0.2, 0.25) is 0 Å². The zero-order chi connectivity index (χ0) is 23.4. The SMILES string of the molecule is C=C/C=C\C(=C)Oc1cc(C(F)(F)F)cnc1OCCCOc1ccc(SCCO)cc1. The molecule has 0 saturated heterocycles. The highest BCUT2D eigenvalue weighted by molar-refractivity contribution is 7.99. The number of aliphatic hydroxyl groups is 1. The second-order valence-corrected chi connectivity index (χ2v) is 7.45. The van der Waals surface area contributed by atoms with Crippen molar-refractivity contribution in [1.29, 1.82) is 0 Å². The first kappa shape index (κ1) is 25.4. The van der Waals surface area contributed by atoms with Crippen LogP contribution in [-0.4, -0.2) is 35.7 Å². The molecule has 0 spiro atoms. The predicted octanol–water partition coefficient (Wildman–Crippen LogP) is 5.67. The maximum Gasteiger partial charge on any atom is 0.418 e. The summed E-state index contributed by atoms with van der Waals surface area (Å²) in [6, 6.07) is 8.27. The minimum atomic E-state index is -4.57. The molecule has 0 aliphatic heterocycles. The number of aromatic nitrogens is 1. The van der Waals surface area contributed by atoms with Gasteiger partial charge in [-0.25, -0.2) is 4.98 Å². The van der Waals surface area contributed by atoms with Gasteiger partial charge in [0.1, 0.15) is 11.5 Å². The molecule has 1 aromatic carbocycles. The first-order valence-corrected chi connectivity index (χ1v) is 10.6. The summed E-state index contributed by atoms with van der Waals surface area (Å²) in [5, 5.41) is 8.84. The Morgan fingerprint density at radius 3 is 2.53 bits per heavy atom. The topological polar surface area (TPSA) is 60.8 Å². The molecular formula is C23H24F3NO4S. The predicted molar refractivity (Wildman–Crippen MR) is 118 cm³/mol. The van der Waals surface area contributed by atoms with Crippen molar-refractivity contribution in [3.63, 3.8) is 0 Å². The maximum atomic E-state index is 13.0. The highest BCUT2D eigenvalue weighted by Gasteiger charge is 2.32. The van der Waals surface area contributed by atoms with Gasteiger partial charge in [0, 0.05) is 29.3 Å². The molecule has 0 atom stereocenters. The van der Waals surface area contributed by atoms with E-state index in [-0.39, 0.29) is 30.6 Å². The second-order valence-electron chi connectivity index (χ2n) is 6.28. The highest BCUT2D eigenvalue weighted by atomic mass is 32.2. The van der Waals surface area contributed by atoms with Crippen molar-refractivity contribution in [1.82, 2.24) is 4.98 Å². The Hall–Kier alpha value is -2.91. The van der Waals surface area contributed by atoms with Gasteiger partial charge in [-0.2, -0.15) is 13.2 Å². The summed E-state index contributed by atoms with van der Waals surface area (Å²) in [5.41, 5.74) is -0.954. The molecule has 1 aromatic heterocycles. The Morgan fingerprint density at radius 2 is 1.88 bits per heavy atom. The lowest BCUT2D eigenvalue weighted by molar-refractivity contribution is -0.138. The summed E-state index contributed by atoms with van der Waals surface area (Å²) in [4.78, 5) is 4.78. The minimum absolute atomic E-state index is 0.0728. The zero-order valence-corrected chi connectivity index (χ0v) is 18.1. The summed E-state index contributed by atoms with van der Waals surface area (Å²) < 4.78 is 55.6. The van der Waals surface area contributed by atoms with E-state index in [2.05, 4.69) is 18.1 Å². The number of hydrogen-bond donors (Lipinski definition) is 1. The molecule has 0 unspecified atom stereocenters. The lowest BCUT2D eigenvalue weighted by atomic mass is 10.2. The van der Waals surface area contributed by atoms with Gasteiger partial charge in [0.15, 0.2) is 5.75 Å². The number of thioether (sulfide) groups is 1. The molecule has 0 aliphatic rings. The first-order chi connectivity index (χ1) is 15.3. The molecular weight excluding hydrogens is 443 g/mol. The third-order valence-electron chi connectivity index (χ3n) is 3.78. The van der Waals surface area contributed by atoms with Crippen LogP contribution in [0.15, 0.2) is 78.6 Å². The van der Waals surface area contributed by atoms with Crippen LogP contribution < -0.4 is 14.2 Å². The first-order valence-electron chi connectivity index (χ1n) is 9.66. The fourth-order valence-electron chi connectivity index (χ4n) is 2.33. The molecule has 0 radical (unpaired) electrons. The van der Waals surface area contributed by atoms with Crippen molar-refractivity contribution in [2.75, 3.05) is 25.6 Å². The molecule has 2 aromatic rings. The van der Waals surface area contributed by atoms with Crippen LogP contribution in [0.4, 0.5) is 13.2 Å². The number of nitrogens with zero attached hydrogens (tertiary/aromatic N) is 1. The van der Waals surface area contributed by atoms with E-state index in [0.717, 1.165) is 11.0 Å². The van der Waals surface area contributed by atoms with Crippen molar-refractivity contribution in [3.8, 4) is 17.4 Å². The standard InChI is InChI=1S/C23H24F3NO4S/c1-3-4-6-17(2)31-21-15-18(23(24,25)26)16-27-22(21)30-13-5-12-29-19-7-9-20(10-8-19)32-14-11-28/h3-4,6-10,15-16,28H,1-2,5,11-14H2/b6-4-. The molecule has 9 heteroatoms. The number of allylic oxidation sites excluding steroid dienone is 3. The number of ether oxygens (including phenoxy) is 3. The highest BCUT2D eigenvalue weighted by Crippen LogP contribution is 2.35. The van der Waals surface area contributed by atoms with Gasteiger partial charge in [-0.05, 0) is 30.3 Å². The molecule has 0 aliphatic carbocycles. The van der Waals surface area contributed by atoms with Gasteiger partial charge < -0.3 is 19.3 Å². The average molecular weight is 468 g/mol. The van der Waals surface area contributed by atoms with Crippen molar-refractivity contribution in [2.45, 2.75) is 17.5 Å². The molecule has 2 rings (SSSR count). The largest absolute Gasteiger partial charge is 0.493 e. The van der Waals surface area contributed by atoms with E-state index in [9.17, 15) is 13.2 Å². The summed E-state index contributed by atoms with van der Waals surface area (Å²) >= 11 is 1.54. The Bertz CT molecular complexity index is 914. The van der Waals surface area contributed by atoms with E-state index in [0.29, 0.717) is 30.7 Å². The van der Waals surface area contributed by atoms with Gasteiger partial charge >= 0.3 is 6.18 Å². The monoisotopic (exact) mass is 467 g/mol. The molecule has 5 nitrogen and oxygen atoms in total. The number of halogens is 3. The molecule has 0 amide bonds. The van der Waals surface area contributed by atoms with Gasteiger partial charge in [-0.3, -0.25) is 0 Å². The summed E-state index contributed by atoms with van der Waals surface area (Å²) in [7, 11) is 0. The Labute approximate surface area is 189 Å². The van der Waals surface area contributed by atoms with E-state index >= 15 is 0 Å². The van der Waals surface area contributed by atoms with Crippen molar-refractivity contribution in [2.24, 2.45) is 0 Å². The molecule has 0 bridgehead atoms. The van der Waals surface area contributed by atoms with E-state index in [1.165, 1.54) is 12.2 Å². The van der Waals surface area contributed by atoms with E-state index in [4.69, 9.17) is 19.3 Å².